The maximum absolute atomic E-state index is 5.98. The summed E-state index contributed by atoms with van der Waals surface area (Å²) in [5, 5.41) is 0. The lowest BCUT2D eigenvalue weighted by atomic mass is 10.1. The minimum atomic E-state index is 0.513. The molecule has 0 amide bonds. The zero-order valence-corrected chi connectivity index (χ0v) is 11.4. The van der Waals surface area contributed by atoms with E-state index in [0.717, 1.165) is 13.2 Å². The van der Waals surface area contributed by atoms with Gasteiger partial charge >= 0.3 is 0 Å². The summed E-state index contributed by atoms with van der Waals surface area (Å²) in [5.74, 6) is 0. The van der Waals surface area contributed by atoms with Crippen LogP contribution in [0.25, 0.3) is 0 Å². The molecule has 0 unspecified atom stereocenters. The lowest BCUT2D eigenvalue weighted by Crippen LogP contribution is -2.45. The van der Waals surface area contributed by atoms with Crippen molar-refractivity contribution in [2.24, 2.45) is 0 Å². The molecule has 0 atom stereocenters. The molecule has 0 aromatic rings. The van der Waals surface area contributed by atoms with E-state index in [0.29, 0.717) is 6.10 Å². The molecule has 0 spiro atoms. The Hall–Kier alpha value is -0.160. The number of nitrogens with zero attached hydrogens (tertiary/aromatic N) is 3. The van der Waals surface area contributed by atoms with Crippen molar-refractivity contribution >= 4 is 0 Å². The van der Waals surface area contributed by atoms with E-state index in [4.69, 9.17) is 4.74 Å². The monoisotopic (exact) mass is 241 g/mol. The van der Waals surface area contributed by atoms with Gasteiger partial charge in [0.25, 0.3) is 0 Å². The lowest BCUT2D eigenvalue weighted by Gasteiger charge is -2.33. The van der Waals surface area contributed by atoms with Gasteiger partial charge in [0.05, 0.1) is 12.7 Å². The normalized spacial score (nSPS) is 26.5. The lowest BCUT2D eigenvalue weighted by molar-refractivity contribution is -0.00161. The highest BCUT2D eigenvalue weighted by atomic mass is 16.5. The molecule has 4 heteroatoms. The molecular formula is C13H27N3O. The molecule has 17 heavy (non-hydrogen) atoms. The molecule has 0 radical (unpaired) electrons. The van der Waals surface area contributed by atoms with E-state index in [2.05, 4.69) is 28.8 Å². The highest BCUT2D eigenvalue weighted by molar-refractivity contribution is 4.71. The van der Waals surface area contributed by atoms with Gasteiger partial charge in [-0.05, 0) is 26.9 Å². The Kier molecular flexibility index (Phi) is 5.22. The van der Waals surface area contributed by atoms with Crippen LogP contribution in [-0.4, -0.2) is 87.3 Å². The fourth-order valence-electron chi connectivity index (χ4n) is 2.57. The third-order valence-corrected chi connectivity index (χ3v) is 4.02. The second-order valence-corrected chi connectivity index (χ2v) is 5.52. The van der Waals surface area contributed by atoms with Crippen LogP contribution in [0.4, 0.5) is 0 Å². The van der Waals surface area contributed by atoms with Crippen molar-refractivity contribution in [2.75, 3.05) is 66.5 Å². The van der Waals surface area contributed by atoms with Crippen molar-refractivity contribution in [2.45, 2.75) is 18.9 Å². The third kappa shape index (κ3) is 4.54. The quantitative estimate of drug-likeness (QED) is 0.707. The summed E-state index contributed by atoms with van der Waals surface area (Å²) in [4.78, 5) is 7.31. The fourth-order valence-corrected chi connectivity index (χ4v) is 2.57. The molecule has 0 aromatic heterocycles. The molecular weight excluding hydrogens is 214 g/mol. The number of piperidine rings is 1. The number of hydrogen-bond acceptors (Lipinski definition) is 4. The van der Waals surface area contributed by atoms with Gasteiger partial charge in [0, 0.05) is 45.8 Å². The van der Waals surface area contributed by atoms with Gasteiger partial charge in [-0.15, -0.1) is 0 Å². The van der Waals surface area contributed by atoms with Crippen LogP contribution in [-0.2, 0) is 4.74 Å². The summed E-state index contributed by atoms with van der Waals surface area (Å²) < 4.78 is 5.98. The van der Waals surface area contributed by atoms with E-state index >= 15 is 0 Å². The first-order valence-corrected chi connectivity index (χ1v) is 6.95. The fraction of sp³-hybridized carbons (Fsp3) is 1.00. The van der Waals surface area contributed by atoms with Crippen LogP contribution in [0.1, 0.15) is 12.8 Å². The Labute approximate surface area is 105 Å². The summed E-state index contributed by atoms with van der Waals surface area (Å²) in [6.07, 6.45) is 2.93. The maximum Gasteiger partial charge on any atom is 0.0600 e. The topological polar surface area (TPSA) is 19.0 Å². The summed E-state index contributed by atoms with van der Waals surface area (Å²) in [7, 11) is 4.40. The Bertz CT molecular complexity index is 187. The van der Waals surface area contributed by atoms with E-state index in [9.17, 15) is 0 Å². The van der Waals surface area contributed by atoms with E-state index in [1.54, 1.807) is 0 Å². The number of ether oxygens (including phenoxy) is 1. The number of hydrogen-bond donors (Lipinski definition) is 0. The Morgan fingerprint density at radius 1 is 0.882 bits per heavy atom. The van der Waals surface area contributed by atoms with Gasteiger partial charge in [-0.25, -0.2) is 0 Å². The van der Waals surface area contributed by atoms with Crippen molar-refractivity contribution in [3.8, 4) is 0 Å². The molecule has 2 fully saturated rings. The van der Waals surface area contributed by atoms with Crippen LogP contribution in [0.15, 0.2) is 0 Å². The summed E-state index contributed by atoms with van der Waals surface area (Å²) in [6, 6.07) is 0. The number of likely N-dealkylation sites (tertiary alicyclic amines) is 1. The Morgan fingerprint density at radius 2 is 1.47 bits per heavy atom. The first-order valence-electron chi connectivity index (χ1n) is 6.95. The maximum atomic E-state index is 5.98. The molecule has 2 aliphatic rings. The van der Waals surface area contributed by atoms with Crippen molar-refractivity contribution < 1.29 is 4.74 Å². The second-order valence-electron chi connectivity index (χ2n) is 5.52. The number of rotatable bonds is 4. The van der Waals surface area contributed by atoms with Gasteiger partial charge in [0.1, 0.15) is 0 Å². The largest absolute Gasteiger partial charge is 0.377 e. The Morgan fingerprint density at radius 3 is 2.12 bits per heavy atom. The number of likely N-dealkylation sites (N-methyl/N-ethyl adjacent to an activating group) is 1. The van der Waals surface area contributed by atoms with Gasteiger partial charge < -0.3 is 14.5 Å². The zero-order chi connectivity index (χ0) is 12.1. The average molecular weight is 241 g/mol. The van der Waals surface area contributed by atoms with Gasteiger partial charge in [-0.3, -0.25) is 4.90 Å². The predicted octanol–water partition coefficient (Wildman–Crippen LogP) is 0.345. The first kappa shape index (κ1) is 13.3. The summed E-state index contributed by atoms with van der Waals surface area (Å²) in [5.41, 5.74) is 0. The SMILES string of the molecule is CN1CCC(OCCN2CCN(C)CC2)CC1. The minimum Gasteiger partial charge on any atom is -0.377 e. The molecule has 0 N–H and O–H groups in total. The third-order valence-electron chi connectivity index (χ3n) is 4.02. The molecule has 2 aliphatic heterocycles. The van der Waals surface area contributed by atoms with Gasteiger partial charge in [0.15, 0.2) is 0 Å². The molecule has 0 aromatic carbocycles. The smallest absolute Gasteiger partial charge is 0.0600 e. The molecule has 0 aliphatic carbocycles. The molecule has 0 bridgehead atoms. The zero-order valence-electron chi connectivity index (χ0n) is 11.4. The van der Waals surface area contributed by atoms with Crippen LogP contribution in [0, 0.1) is 0 Å². The molecule has 4 nitrogen and oxygen atoms in total. The van der Waals surface area contributed by atoms with Crippen molar-refractivity contribution in [3.05, 3.63) is 0 Å². The Balaban J connectivity index is 1.54. The van der Waals surface area contributed by atoms with Crippen molar-refractivity contribution in [1.29, 1.82) is 0 Å². The summed E-state index contributed by atoms with van der Waals surface area (Å²) >= 11 is 0. The molecule has 2 rings (SSSR count). The number of piperazine rings is 1. The van der Waals surface area contributed by atoms with Crippen LogP contribution < -0.4 is 0 Å². The van der Waals surface area contributed by atoms with E-state index in [1.165, 1.54) is 52.1 Å². The van der Waals surface area contributed by atoms with Gasteiger partial charge in [-0.1, -0.05) is 0 Å². The second kappa shape index (κ2) is 6.69. The molecule has 2 saturated heterocycles. The minimum absolute atomic E-state index is 0.513. The summed E-state index contributed by atoms with van der Waals surface area (Å²) in [6.45, 7) is 9.22. The highest BCUT2D eigenvalue weighted by Crippen LogP contribution is 2.12. The van der Waals surface area contributed by atoms with Crippen LogP contribution in [0.2, 0.25) is 0 Å². The van der Waals surface area contributed by atoms with Crippen LogP contribution >= 0.6 is 0 Å². The molecule has 0 saturated carbocycles. The first-order chi connectivity index (χ1) is 8.24. The van der Waals surface area contributed by atoms with Gasteiger partial charge in [-0.2, -0.15) is 0 Å². The van der Waals surface area contributed by atoms with E-state index in [-0.39, 0.29) is 0 Å². The van der Waals surface area contributed by atoms with Gasteiger partial charge in [0.2, 0.25) is 0 Å². The van der Waals surface area contributed by atoms with E-state index in [1.807, 2.05) is 0 Å². The molecule has 100 valence electrons. The highest BCUT2D eigenvalue weighted by Gasteiger charge is 2.18. The van der Waals surface area contributed by atoms with E-state index < -0.39 is 0 Å². The average Bonchev–Trinajstić information content (AvgIpc) is 2.34. The van der Waals surface area contributed by atoms with Crippen molar-refractivity contribution in [1.82, 2.24) is 14.7 Å². The standard InChI is InChI=1S/C13H27N3O/c1-14-5-3-13(4-6-14)17-12-11-16-9-7-15(2)8-10-16/h13H,3-12H2,1-2H3. The predicted molar refractivity (Wildman–Crippen MR) is 70.4 cm³/mol. The van der Waals surface area contributed by atoms with Crippen LogP contribution in [0.5, 0.6) is 0 Å². The van der Waals surface area contributed by atoms with Crippen molar-refractivity contribution in [3.63, 3.8) is 0 Å². The molecule has 2 heterocycles. The van der Waals surface area contributed by atoms with Crippen LogP contribution in [0.3, 0.4) is 0 Å².